The average molecular weight is 480 g/mol. The SMILES string of the molecule is NC(N)(CCN[C@@H](Cc1ccc(O)cc1)C(=O)O)C(=O)CCCC[C@@H]1SC[C@@H]2NC(=O)N[C@@H]21. The normalized spacial score (nSPS) is 23.0. The molecule has 0 aliphatic carbocycles. The van der Waals surface area contributed by atoms with Gasteiger partial charge < -0.3 is 37.6 Å². The number of aliphatic carboxylic acids is 1. The molecule has 182 valence electrons. The number of nitrogens with one attached hydrogen (secondary N) is 3. The highest BCUT2D eigenvalue weighted by atomic mass is 32.2. The molecule has 0 spiro atoms. The Balaban J connectivity index is 1.36. The van der Waals surface area contributed by atoms with Crippen molar-refractivity contribution in [1.82, 2.24) is 16.0 Å². The van der Waals surface area contributed by atoms with Crippen molar-refractivity contribution in [3.8, 4) is 5.75 Å². The third-order valence-corrected chi connectivity index (χ3v) is 7.71. The molecular formula is C22H33N5O5S. The minimum atomic E-state index is -1.52. The predicted molar refractivity (Wildman–Crippen MR) is 126 cm³/mol. The standard InChI is InChI=1S/C22H33N5O5S/c23-22(24,9-10-25-15(20(30)31)11-13-5-7-14(28)8-6-13)18(29)4-2-1-3-17-19-16(12-33-17)26-21(32)27-19/h5-8,15-17,19,25,28H,1-4,9-12,23-24H2,(H,30,31)(H2,26,27,32)/t15-,16-,17-,19-/m0/s1. The molecule has 11 heteroatoms. The minimum absolute atomic E-state index is 0.108. The van der Waals surface area contributed by atoms with Crippen LogP contribution in [0.5, 0.6) is 5.75 Å². The summed E-state index contributed by atoms with van der Waals surface area (Å²) in [5.41, 5.74) is 11.3. The monoisotopic (exact) mass is 479 g/mol. The maximum Gasteiger partial charge on any atom is 0.321 e. The highest BCUT2D eigenvalue weighted by Gasteiger charge is 2.42. The van der Waals surface area contributed by atoms with Crippen LogP contribution < -0.4 is 27.4 Å². The van der Waals surface area contributed by atoms with Gasteiger partial charge in [0.25, 0.3) is 0 Å². The third kappa shape index (κ3) is 7.07. The summed E-state index contributed by atoms with van der Waals surface area (Å²) >= 11 is 1.84. The molecule has 2 aliphatic rings. The van der Waals surface area contributed by atoms with E-state index in [4.69, 9.17) is 11.5 Å². The summed E-state index contributed by atoms with van der Waals surface area (Å²) in [5.74, 6) is -0.252. The van der Waals surface area contributed by atoms with Crippen LogP contribution in [0.15, 0.2) is 24.3 Å². The van der Waals surface area contributed by atoms with Crippen molar-refractivity contribution in [3.05, 3.63) is 29.8 Å². The van der Waals surface area contributed by atoms with Crippen LogP contribution in [-0.4, -0.2) is 69.3 Å². The number of hydrogen-bond donors (Lipinski definition) is 7. The Bertz CT molecular complexity index is 850. The second-order valence-corrected chi connectivity index (χ2v) is 10.1. The Hall–Kier alpha value is -2.34. The summed E-state index contributed by atoms with van der Waals surface area (Å²) in [7, 11) is 0. The quantitative estimate of drug-likeness (QED) is 0.119. The Morgan fingerprint density at radius 3 is 2.64 bits per heavy atom. The van der Waals surface area contributed by atoms with Gasteiger partial charge in [-0.15, -0.1) is 0 Å². The van der Waals surface area contributed by atoms with E-state index in [1.165, 1.54) is 12.1 Å². The van der Waals surface area contributed by atoms with Gasteiger partial charge in [0.2, 0.25) is 0 Å². The van der Waals surface area contributed by atoms with Crippen molar-refractivity contribution in [2.24, 2.45) is 11.5 Å². The van der Waals surface area contributed by atoms with Crippen molar-refractivity contribution < 1.29 is 24.6 Å². The fourth-order valence-corrected chi connectivity index (χ4v) is 5.76. The van der Waals surface area contributed by atoms with Gasteiger partial charge in [-0.05, 0) is 49.9 Å². The van der Waals surface area contributed by atoms with Crippen molar-refractivity contribution >= 4 is 29.5 Å². The Morgan fingerprint density at radius 1 is 1.21 bits per heavy atom. The number of carboxylic acid groups (broad SMARTS) is 1. The molecule has 0 aromatic heterocycles. The number of amides is 2. The summed E-state index contributed by atoms with van der Waals surface area (Å²) in [5, 5.41) is 27.9. The first-order chi connectivity index (χ1) is 15.7. The first-order valence-corrected chi connectivity index (χ1v) is 12.2. The number of thioether (sulfide) groups is 1. The number of nitrogens with two attached hydrogens (primary N) is 2. The van der Waals surface area contributed by atoms with Gasteiger partial charge in [0, 0.05) is 17.4 Å². The number of hydrogen-bond acceptors (Lipinski definition) is 8. The molecule has 1 aromatic carbocycles. The van der Waals surface area contributed by atoms with Gasteiger partial charge in [0.15, 0.2) is 5.78 Å². The first kappa shape index (κ1) is 25.3. The maximum absolute atomic E-state index is 12.5. The van der Waals surface area contributed by atoms with E-state index in [9.17, 15) is 24.6 Å². The van der Waals surface area contributed by atoms with Gasteiger partial charge in [-0.3, -0.25) is 9.59 Å². The molecule has 0 unspecified atom stereocenters. The molecule has 2 heterocycles. The molecule has 4 atom stereocenters. The van der Waals surface area contributed by atoms with Crippen molar-refractivity contribution in [2.45, 2.75) is 67.6 Å². The van der Waals surface area contributed by atoms with Gasteiger partial charge in [-0.1, -0.05) is 18.6 Å². The zero-order chi connectivity index (χ0) is 24.0. The number of carboxylic acids is 1. The number of urea groups is 1. The lowest BCUT2D eigenvalue weighted by Crippen LogP contribution is -2.58. The topological polar surface area (TPSA) is 180 Å². The van der Waals surface area contributed by atoms with Gasteiger partial charge >= 0.3 is 12.0 Å². The number of phenolic OH excluding ortho intramolecular Hbond substituents is 1. The van der Waals surface area contributed by atoms with Crippen LogP contribution in [0.25, 0.3) is 0 Å². The summed E-state index contributed by atoms with van der Waals surface area (Å²) < 4.78 is 0. The number of benzene rings is 1. The average Bonchev–Trinajstić information content (AvgIpc) is 3.30. The summed E-state index contributed by atoms with van der Waals surface area (Å²) in [6, 6.07) is 5.69. The molecule has 2 fully saturated rings. The number of carbonyl (C=O) groups excluding carboxylic acids is 2. The fraction of sp³-hybridized carbons (Fsp3) is 0.591. The van der Waals surface area contributed by atoms with E-state index in [-0.39, 0.29) is 55.5 Å². The number of phenols is 1. The van der Waals surface area contributed by atoms with E-state index in [1.54, 1.807) is 12.1 Å². The molecule has 2 amide bonds. The van der Waals surface area contributed by atoms with Crippen molar-refractivity contribution in [1.29, 1.82) is 0 Å². The van der Waals surface area contributed by atoms with Gasteiger partial charge in [-0.2, -0.15) is 11.8 Å². The van der Waals surface area contributed by atoms with E-state index in [2.05, 4.69) is 16.0 Å². The maximum atomic E-state index is 12.5. The lowest BCUT2D eigenvalue weighted by atomic mass is 9.96. The number of unbranched alkanes of at least 4 members (excludes halogenated alkanes) is 1. The van der Waals surface area contributed by atoms with Gasteiger partial charge in [0.1, 0.15) is 17.5 Å². The van der Waals surface area contributed by atoms with E-state index in [0.717, 1.165) is 24.2 Å². The molecule has 2 aliphatic heterocycles. The van der Waals surface area contributed by atoms with Crippen LogP contribution in [0.2, 0.25) is 0 Å². The molecule has 0 radical (unpaired) electrons. The number of fused-ring (bicyclic) bond motifs is 1. The predicted octanol–water partition coefficient (Wildman–Crippen LogP) is 0.276. The van der Waals surface area contributed by atoms with E-state index in [1.807, 2.05) is 11.8 Å². The van der Waals surface area contributed by atoms with E-state index in [0.29, 0.717) is 11.7 Å². The highest BCUT2D eigenvalue weighted by Crippen LogP contribution is 2.33. The number of rotatable bonds is 13. The summed E-state index contributed by atoms with van der Waals surface area (Å²) in [4.78, 5) is 35.5. The number of carbonyl (C=O) groups is 3. The largest absolute Gasteiger partial charge is 0.508 e. The molecule has 33 heavy (non-hydrogen) atoms. The Morgan fingerprint density at radius 2 is 1.94 bits per heavy atom. The van der Waals surface area contributed by atoms with Crippen molar-refractivity contribution in [3.63, 3.8) is 0 Å². The summed E-state index contributed by atoms with van der Waals surface area (Å²) in [6.07, 6.45) is 3.01. The zero-order valence-electron chi connectivity index (χ0n) is 18.5. The Labute approximate surface area is 197 Å². The van der Waals surface area contributed by atoms with Crippen LogP contribution in [0.4, 0.5) is 4.79 Å². The first-order valence-electron chi connectivity index (χ1n) is 11.2. The molecule has 0 saturated carbocycles. The second-order valence-electron chi connectivity index (χ2n) is 8.80. The van der Waals surface area contributed by atoms with Crippen LogP contribution in [-0.2, 0) is 16.0 Å². The molecule has 3 rings (SSSR count). The fourth-order valence-electron chi connectivity index (χ4n) is 4.21. The minimum Gasteiger partial charge on any atom is -0.508 e. The van der Waals surface area contributed by atoms with Crippen LogP contribution >= 0.6 is 11.8 Å². The number of aromatic hydroxyl groups is 1. The lowest BCUT2D eigenvalue weighted by Gasteiger charge is -2.24. The van der Waals surface area contributed by atoms with Gasteiger partial charge in [0.05, 0.1) is 12.1 Å². The van der Waals surface area contributed by atoms with E-state index < -0.39 is 17.7 Å². The second kappa shape index (κ2) is 11.2. The smallest absolute Gasteiger partial charge is 0.321 e. The number of Topliss-reactive ketones (excluding diaryl/α,β-unsaturated/α-hetero) is 1. The van der Waals surface area contributed by atoms with Gasteiger partial charge in [-0.25, -0.2) is 4.79 Å². The summed E-state index contributed by atoms with van der Waals surface area (Å²) in [6.45, 7) is 0.183. The molecule has 9 N–H and O–H groups in total. The lowest BCUT2D eigenvalue weighted by molar-refractivity contribution is -0.139. The third-order valence-electron chi connectivity index (χ3n) is 6.20. The van der Waals surface area contributed by atoms with Crippen LogP contribution in [0.1, 0.15) is 37.7 Å². The molecule has 10 nitrogen and oxygen atoms in total. The number of ketones is 1. The zero-order valence-corrected chi connectivity index (χ0v) is 19.3. The Kier molecular flexibility index (Phi) is 8.57. The molecule has 1 aromatic rings. The van der Waals surface area contributed by atoms with E-state index >= 15 is 0 Å². The molecule has 0 bridgehead atoms. The molecule has 2 saturated heterocycles. The van der Waals surface area contributed by atoms with Crippen LogP contribution in [0, 0.1) is 0 Å². The molecular weight excluding hydrogens is 446 g/mol. The van der Waals surface area contributed by atoms with Crippen LogP contribution in [0.3, 0.4) is 0 Å². The highest BCUT2D eigenvalue weighted by molar-refractivity contribution is 8.00. The van der Waals surface area contributed by atoms with Crippen molar-refractivity contribution in [2.75, 3.05) is 12.3 Å².